The number of H-pyrrole nitrogens is 2. The fourth-order valence-corrected chi connectivity index (χ4v) is 0.483. The predicted molar refractivity (Wildman–Crippen MR) is 39.4 cm³/mol. The minimum Gasteiger partial charge on any atom is -0.358 e. The summed E-state index contributed by atoms with van der Waals surface area (Å²) < 4.78 is 0. The second-order valence-electron chi connectivity index (χ2n) is 1.75. The summed E-state index contributed by atoms with van der Waals surface area (Å²) in [5, 5.41) is 27.5. The quantitative estimate of drug-likeness (QED) is 0.454. The number of aromatic nitrogens is 6. The van der Waals surface area contributed by atoms with Gasteiger partial charge in [0.15, 0.2) is 0 Å². The van der Waals surface area contributed by atoms with Gasteiger partial charge in [-0.2, -0.15) is 5.10 Å². The predicted octanol–water partition coefficient (Wildman–Crippen LogP) is -0.482. The van der Waals surface area contributed by atoms with Crippen LogP contribution in [0.4, 0.5) is 5.82 Å². The van der Waals surface area contributed by atoms with Crippen LogP contribution in [-0.2, 0) is 0 Å². The zero-order chi connectivity index (χ0) is 9.52. The lowest BCUT2D eigenvalue weighted by Crippen LogP contribution is -1.86. The summed E-state index contributed by atoms with van der Waals surface area (Å²) in [6, 6.07) is 1.29. The molecule has 2 heterocycles. The topological polar surface area (TPSA) is 126 Å². The molecule has 2 aromatic heterocycles. The Balaban J connectivity index is 0.000000145. The molecule has 0 atom stereocenters. The maximum atomic E-state index is 9.79. The Bertz CT molecular complexity index is 310. The molecule has 68 valence electrons. The van der Waals surface area contributed by atoms with Gasteiger partial charge in [-0.05, 0) is 15.4 Å². The molecule has 0 amide bonds. The molecule has 0 aliphatic heterocycles. The summed E-state index contributed by atoms with van der Waals surface area (Å²) in [5.41, 5.74) is 0. The number of hydrogen-bond acceptors (Lipinski definition) is 6. The average Bonchev–Trinajstić information content (AvgIpc) is 2.82. The highest BCUT2D eigenvalue weighted by atomic mass is 16.6. The van der Waals surface area contributed by atoms with Gasteiger partial charge in [0.2, 0.25) is 0 Å². The zero-order valence-corrected chi connectivity index (χ0v) is 6.28. The number of hydrogen-bond donors (Lipinski definition) is 2. The van der Waals surface area contributed by atoms with Crippen molar-refractivity contribution in [1.82, 2.24) is 30.8 Å². The van der Waals surface area contributed by atoms with Crippen molar-refractivity contribution in [3.05, 3.63) is 28.7 Å². The highest BCUT2D eigenvalue weighted by Gasteiger charge is 2.03. The summed E-state index contributed by atoms with van der Waals surface area (Å²) in [7, 11) is 0. The van der Waals surface area contributed by atoms with Crippen molar-refractivity contribution in [2.75, 3.05) is 0 Å². The van der Waals surface area contributed by atoms with E-state index >= 15 is 0 Å². The molecule has 0 spiro atoms. The Morgan fingerprint density at radius 2 is 2.31 bits per heavy atom. The summed E-state index contributed by atoms with van der Waals surface area (Å²) in [4.78, 5) is 9.23. The molecule has 0 bridgehead atoms. The highest BCUT2D eigenvalue weighted by Crippen LogP contribution is 2.00. The van der Waals surface area contributed by atoms with Crippen LogP contribution in [0.15, 0.2) is 18.6 Å². The molecule has 0 unspecified atom stereocenters. The molecule has 0 aromatic carbocycles. The Labute approximate surface area is 71.3 Å². The maximum Gasteiger partial charge on any atom is 0.389 e. The monoisotopic (exact) mass is 183 g/mol. The van der Waals surface area contributed by atoms with Crippen LogP contribution in [0.25, 0.3) is 0 Å². The second-order valence-corrected chi connectivity index (χ2v) is 1.75. The Morgan fingerprint density at radius 3 is 2.54 bits per heavy atom. The van der Waals surface area contributed by atoms with E-state index in [9.17, 15) is 10.1 Å². The van der Waals surface area contributed by atoms with E-state index in [2.05, 4.69) is 30.8 Å². The molecular weight excluding hydrogens is 178 g/mol. The van der Waals surface area contributed by atoms with Gasteiger partial charge < -0.3 is 10.1 Å². The average molecular weight is 183 g/mol. The van der Waals surface area contributed by atoms with Crippen LogP contribution in [0.3, 0.4) is 0 Å². The first kappa shape index (κ1) is 8.77. The molecule has 2 rings (SSSR count). The van der Waals surface area contributed by atoms with Crippen LogP contribution in [0.1, 0.15) is 0 Å². The van der Waals surface area contributed by atoms with Crippen LogP contribution in [0.5, 0.6) is 0 Å². The van der Waals surface area contributed by atoms with E-state index in [0.29, 0.717) is 0 Å². The summed E-state index contributed by atoms with van der Waals surface area (Å²) in [5.74, 6) is -0.148. The Hall–Kier alpha value is -2.32. The number of nitrogens with one attached hydrogen (secondary N) is 2. The van der Waals surface area contributed by atoms with Gasteiger partial charge in [0.05, 0.1) is 17.4 Å². The zero-order valence-electron chi connectivity index (χ0n) is 6.28. The molecule has 0 saturated carbocycles. The minimum atomic E-state index is -0.559. The second kappa shape index (κ2) is 4.54. The number of aromatic amines is 2. The lowest BCUT2D eigenvalue weighted by Gasteiger charge is -1.80. The molecule has 0 aliphatic carbocycles. The lowest BCUT2D eigenvalue weighted by molar-refractivity contribution is -0.389. The maximum absolute atomic E-state index is 9.79. The molecule has 9 heteroatoms. The van der Waals surface area contributed by atoms with Crippen LogP contribution < -0.4 is 0 Å². The van der Waals surface area contributed by atoms with Gasteiger partial charge in [-0.1, -0.05) is 0 Å². The molecular formula is C4H5N7O2. The third kappa shape index (κ3) is 3.05. The van der Waals surface area contributed by atoms with Crippen molar-refractivity contribution in [2.45, 2.75) is 0 Å². The van der Waals surface area contributed by atoms with Crippen LogP contribution in [-0.4, -0.2) is 35.7 Å². The van der Waals surface area contributed by atoms with Gasteiger partial charge in [-0.15, -0.1) is 5.10 Å². The highest BCUT2D eigenvalue weighted by molar-refractivity contribution is 5.12. The molecule has 0 aliphatic rings. The smallest absolute Gasteiger partial charge is 0.358 e. The molecule has 2 aromatic rings. The largest absolute Gasteiger partial charge is 0.389 e. The molecule has 2 N–H and O–H groups in total. The molecule has 0 saturated heterocycles. The van der Waals surface area contributed by atoms with E-state index in [1.54, 1.807) is 0 Å². The first-order chi connectivity index (χ1) is 6.30. The third-order valence-corrected chi connectivity index (χ3v) is 0.943. The van der Waals surface area contributed by atoms with Crippen molar-refractivity contribution in [2.24, 2.45) is 0 Å². The van der Waals surface area contributed by atoms with Gasteiger partial charge in [0, 0.05) is 0 Å². The van der Waals surface area contributed by atoms with Crippen molar-refractivity contribution in [1.29, 1.82) is 0 Å². The third-order valence-electron chi connectivity index (χ3n) is 0.943. The van der Waals surface area contributed by atoms with Crippen LogP contribution in [0.2, 0.25) is 0 Å². The number of rotatable bonds is 1. The van der Waals surface area contributed by atoms with E-state index < -0.39 is 4.92 Å². The summed E-state index contributed by atoms with van der Waals surface area (Å²) in [6.45, 7) is 0. The van der Waals surface area contributed by atoms with Gasteiger partial charge in [-0.3, -0.25) is 0 Å². The van der Waals surface area contributed by atoms with Gasteiger partial charge in [0.1, 0.15) is 6.33 Å². The van der Waals surface area contributed by atoms with Crippen LogP contribution >= 0.6 is 0 Å². The molecule has 0 fully saturated rings. The number of tetrazole rings is 1. The molecule has 9 nitrogen and oxygen atoms in total. The standard InChI is InChI=1S/C3H3N3O2.CH2N4/c7-6(8)3-1-2-4-5-3;1-2-4-5-3-1/h1-2H,(H,4,5);1H,(H,2,3,4,5). The molecule has 0 radical (unpaired) electrons. The fraction of sp³-hybridized carbons (Fsp3) is 0. The van der Waals surface area contributed by atoms with E-state index in [-0.39, 0.29) is 5.82 Å². The van der Waals surface area contributed by atoms with E-state index in [0.717, 1.165) is 0 Å². The fourth-order valence-electron chi connectivity index (χ4n) is 0.483. The molecule has 13 heavy (non-hydrogen) atoms. The minimum absolute atomic E-state index is 0.148. The van der Waals surface area contributed by atoms with Gasteiger partial charge in [-0.25, -0.2) is 5.10 Å². The first-order valence-corrected chi connectivity index (χ1v) is 3.12. The Morgan fingerprint density at radius 1 is 1.46 bits per heavy atom. The lowest BCUT2D eigenvalue weighted by atomic mass is 10.7. The van der Waals surface area contributed by atoms with Crippen molar-refractivity contribution in [3.8, 4) is 0 Å². The summed E-state index contributed by atoms with van der Waals surface area (Å²) >= 11 is 0. The van der Waals surface area contributed by atoms with Crippen molar-refractivity contribution in [3.63, 3.8) is 0 Å². The van der Waals surface area contributed by atoms with Crippen LogP contribution in [0, 0.1) is 10.1 Å². The first-order valence-electron chi connectivity index (χ1n) is 3.12. The Kier molecular flexibility index (Phi) is 3.06. The van der Waals surface area contributed by atoms with Crippen molar-refractivity contribution >= 4 is 5.82 Å². The number of nitrogens with zero attached hydrogens (tertiary/aromatic N) is 5. The SMILES string of the molecule is O=[N+]([O-])c1cc[nH]n1.c1nnn[nH]1. The number of nitro groups is 1. The van der Waals surface area contributed by atoms with Gasteiger partial charge in [0.25, 0.3) is 0 Å². The van der Waals surface area contributed by atoms with E-state index in [4.69, 9.17) is 0 Å². The van der Waals surface area contributed by atoms with E-state index in [1.807, 2.05) is 0 Å². The summed E-state index contributed by atoms with van der Waals surface area (Å²) in [6.07, 6.45) is 2.80. The van der Waals surface area contributed by atoms with E-state index in [1.165, 1.54) is 18.6 Å². The normalized spacial score (nSPS) is 8.62. The van der Waals surface area contributed by atoms with Crippen molar-refractivity contribution < 1.29 is 4.92 Å². The van der Waals surface area contributed by atoms with Gasteiger partial charge >= 0.3 is 5.82 Å².